The number of urea groups is 1. The van der Waals surface area contributed by atoms with Crippen molar-refractivity contribution in [3.63, 3.8) is 0 Å². The minimum Gasteiger partial charge on any atom is -0.325 e. The average molecular weight is 502 g/mol. The molecular weight excluding hydrogens is 474 g/mol. The fourth-order valence-corrected chi connectivity index (χ4v) is 5.18. The molecule has 4 rings (SSSR count). The number of carbonyl (C=O) groups excluding carboxylic acids is 2. The van der Waals surface area contributed by atoms with Crippen molar-refractivity contribution in [3.8, 4) is 0 Å². The highest BCUT2D eigenvalue weighted by atomic mass is 32.2. The Morgan fingerprint density at radius 3 is 2.19 bits per heavy atom. The van der Waals surface area contributed by atoms with Gasteiger partial charge in [-0.25, -0.2) is 17.9 Å². The zero-order valence-electron chi connectivity index (χ0n) is 20.0. The molecule has 36 heavy (non-hydrogen) atoms. The van der Waals surface area contributed by atoms with Crippen LogP contribution in [-0.2, 0) is 21.2 Å². The molecule has 0 aliphatic carbocycles. The maximum Gasteiger partial charge on any atom is 0.329 e. The molecule has 0 saturated heterocycles. The molecule has 0 aliphatic heterocycles. The number of nitrogens with one attached hydrogen (secondary N) is 2. The molecular formula is C28H27N3O4S. The Morgan fingerprint density at radius 1 is 0.833 bits per heavy atom. The molecule has 0 bridgehead atoms. The zero-order valence-corrected chi connectivity index (χ0v) is 20.8. The summed E-state index contributed by atoms with van der Waals surface area (Å²) in [7, 11) is -2.49. The van der Waals surface area contributed by atoms with Gasteiger partial charge in [0.25, 0.3) is 10.0 Å². The molecule has 3 amide bonds. The summed E-state index contributed by atoms with van der Waals surface area (Å²) in [5.41, 5.74) is 1.99. The largest absolute Gasteiger partial charge is 0.329 e. The standard InChI is InChI=1S/C28H27N3O4S/c1-20-10-6-9-15-26(20)36(34,35)30-28(33)29-25(18-21-11-4-3-5-12-21)27(32)31(2)24-17-16-22-13-7-8-14-23(22)19-24/h3-17,19,25H,18H2,1-2H3,(H2,29,30,33)/t25-/m0/s1. The summed E-state index contributed by atoms with van der Waals surface area (Å²) in [4.78, 5) is 27.8. The van der Waals surface area contributed by atoms with E-state index in [-0.39, 0.29) is 17.2 Å². The van der Waals surface area contributed by atoms with Crippen LogP contribution in [0.15, 0.2) is 102 Å². The number of hydrogen-bond acceptors (Lipinski definition) is 4. The molecule has 2 N–H and O–H groups in total. The van der Waals surface area contributed by atoms with E-state index in [4.69, 9.17) is 0 Å². The van der Waals surface area contributed by atoms with Gasteiger partial charge in [-0.2, -0.15) is 0 Å². The van der Waals surface area contributed by atoms with Gasteiger partial charge in [-0.15, -0.1) is 0 Å². The molecule has 8 heteroatoms. The van der Waals surface area contributed by atoms with Gasteiger partial charge in [-0.05, 0) is 47.0 Å². The van der Waals surface area contributed by atoms with E-state index in [2.05, 4.69) is 5.32 Å². The quantitative estimate of drug-likeness (QED) is 0.392. The Bertz CT molecular complexity index is 1500. The number of fused-ring (bicyclic) bond motifs is 1. The number of sulfonamides is 1. The lowest BCUT2D eigenvalue weighted by Crippen LogP contribution is -2.52. The highest BCUT2D eigenvalue weighted by molar-refractivity contribution is 7.90. The molecule has 184 valence electrons. The smallest absolute Gasteiger partial charge is 0.325 e. The van der Waals surface area contributed by atoms with Crippen LogP contribution in [-0.4, -0.2) is 33.4 Å². The molecule has 4 aromatic rings. The van der Waals surface area contributed by atoms with Gasteiger partial charge in [-0.1, -0.05) is 78.9 Å². The maximum atomic E-state index is 13.5. The lowest BCUT2D eigenvalue weighted by atomic mass is 10.0. The van der Waals surface area contributed by atoms with Crippen LogP contribution in [0.4, 0.5) is 10.5 Å². The molecule has 0 fully saturated rings. The summed E-state index contributed by atoms with van der Waals surface area (Å²) in [5.74, 6) is -0.377. The van der Waals surface area contributed by atoms with Crippen molar-refractivity contribution in [2.45, 2.75) is 24.3 Å². The predicted molar refractivity (Wildman–Crippen MR) is 141 cm³/mol. The number of carbonyl (C=O) groups is 2. The fourth-order valence-electron chi connectivity index (χ4n) is 4.02. The van der Waals surface area contributed by atoms with Crippen molar-refractivity contribution in [2.75, 3.05) is 11.9 Å². The van der Waals surface area contributed by atoms with Crippen LogP contribution < -0.4 is 14.9 Å². The number of anilines is 1. The van der Waals surface area contributed by atoms with E-state index in [1.54, 1.807) is 32.2 Å². The number of amides is 3. The van der Waals surface area contributed by atoms with E-state index < -0.39 is 22.1 Å². The molecule has 1 atom stereocenters. The molecule has 0 aliphatic rings. The highest BCUT2D eigenvalue weighted by Gasteiger charge is 2.28. The van der Waals surface area contributed by atoms with E-state index >= 15 is 0 Å². The molecule has 0 radical (unpaired) electrons. The van der Waals surface area contributed by atoms with Gasteiger partial charge in [0.2, 0.25) is 5.91 Å². The first kappa shape index (κ1) is 24.9. The maximum absolute atomic E-state index is 13.5. The van der Waals surface area contributed by atoms with Crippen molar-refractivity contribution < 1.29 is 18.0 Å². The monoisotopic (exact) mass is 501 g/mol. The van der Waals surface area contributed by atoms with E-state index in [1.807, 2.05) is 77.5 Å². The molecule has 0 heterocycles. The number of benzene rings is 4. The first-order chi connectivity index (χ1) is 17.2. The highest BCUT2D eigenvalue weighted by Crippen LogP contribution is 2.22. The van der Waals surface area contributed by atoms with Crippen molar-refractivity contribution in [1.29, 1.82) is 0 Å². The third-order valence-corrected chi connectivity index (χ3v) is 7.44. The second-order valence-electron chi connectivity index (χ2n) is 8.52. The van der Waals surface area contributed by atoms with Crippen LogP contribution in [0.3, 0.4) is 0 Å². The van der Waals surface area contributed by atoms with E-state index in [1.165, 1.54) is 11.0 Å². The van der Waals surface area contributed by atoms with Crippen LogP contribution in [0, 0.1) is 6.92 Å². The molecule has 0 aromatic heterocycles. The number of hydrogen-bond donors (Lipinski definition) is 2. The van der Waals surface area contributed by atoms with Gasteiger partial charge in [-0.3, -0.25) is 4.79 Å². The summed E-state index contributed by atoms with van der Waals surface area (Å²) in [6.07, 6.45) is 0.190. The van der Waals surface area contributed by atoms with Gasteiger partial charge in [0.05, 0.1) is 4.90 Å². The summed E-state index contributed by atoms with van der Waals surface area (Å²) in [6.45, 7) is 1.65. The van der Waals surface area contributed by atoms with Gasteiger partial charge < -0.3 is 10.2 Å². The van der Waals surface area contributed by atoms with Crippen molar-refractivity contribution in [3.05, 3.63) is 108 Å². The third-order valence-electron chi connectivity index (χ3n) is 5.95. The summed E-state index contributed by atoms with van der Waals surface area (Å²) >= 11 is 0. The molecule has 0 saturated carbocycles. The Hall–Kier alpha value is -4.17. The Kier molecular flexibility index (Phi) is 7.36. The van der Waals surface area contributed by atoms with Crippen LogP contribution in [0.2, 0.25) is 0 Å². The Balaban J connectivity index is 1.57. The van der Waals surface area contributed by atoms with Crippen LogP contribution >= 0.6 is 0 Å². The minimum atomic E-state index is -4.12. The van der Waals surface area contributed by atoms with Crippen LogP contribution in [0.25, 0.3) is 10.8 Å². The van der Waals surface area contributed by atoms with Crippen LogP contribution in [0.5, 0.6) is 0 Å². The first-order valence-corrected chi connectivity index (χ1v) is 12.9. The van der Waals surface area contributed by atoms with Gasteiger partial charge >= 0.3 is 6.03 Å². The van der Waals surface area contributed by atoms with E-state index in [9.17, 15) is 18.0 Å². The fraction of sp³-hybridized carbons (Fsp3) is 0.143. The molecule has 0 spiro atoms. The summed E-state index contributed by atoms with van der Waals surface area (Å²) in [6, 6.07) is 27.1. The second kappa shape index (κ2) is 10.6. The SMILES string of the molecule is Cc1ccccc1S(=O)(=O)NC(=O)N[C@@H](Cc1ccccc1)C(=O)N(C)c1ccc2ccccc2c1. The number of nitrogens with zero attached hydrogens (tertiary/aromatic N) is 1. The van der Waals surface area contributed by atoms with Gasteiger partial charge in [0.15, 0.2) is 0 Å². The van der Waals surface area contributed by atoms with Crippen LogP contribution in [0.1, 0.15) is 11.1 Å². The third kappa shape index (κ3) is 5.72. The molecule has 7 nitrogen and oxygen atoms in total. The lowest BCUT2D eigenvalue weighted by molar-refractivity contribution is -0.120. The lowest BCUT2D eigenvalue weighted by Gasteiger charge is -2.25. The van der Waals surface area contributed by atoms with Crippen molar-refractivity contribution in [1.82, 2.24) is 10.0 Å². The minimum absolute atomic E-state index is 0.000586. The molecule has 4 aromatic carbocycles. The zero-order chi connectivity index (χ0) is 25.7. The van der Waals surface area contributed by atoms with Crippen molar-refractivity contribution >= 4 is 38.4 Å². The van der Waals surface area contributed by atoms with E-state index in [0.29, 0.717) is 11.3 Å². The molecule has 0 unspecified atom stereocenters. The van der Waals surface area contributed by atoms with Gasteiger partial charge in [0.1, 0.15) is 6.04 Å². The van der Waals surface area contributed by atoms with Gasteiger partial charge in [0, 0.05) is 19.2 Å². The summed E-state index contributed by atoms with van der Waals surface area (Å²) < 4.78 is 27.6. The van der Waals surface area contributed by atoms with Crippen molar-refractivity contribution in [2.24, 2.45) is 0 Å². The number of likely N-dealkylation sites (N-methyl/N-ethyl adjacent to an activating group) is 1. The number of aryl methyl sites for hydroxylation is 1. The predicted octanol–water partition coefficient (Wildman–Crippen LogP) is 4.41. The number of rotatable bonds is 7. The Labute approximate surface area is 210 Å². The average Bonchev–Trinajstić information content (AvgIpc) is 2.87. The second-order valence-corrected chi connectivity index (χ2v) is 10.2. The normalized spacial score (nSPS) is 12.1. The first-order valence-electron chi connectivity index (χ1n) is 11.4. The summed E-state index contributed by atoms with van der Waals surface area (Å²) in [5, 5.41) is 4.60. The van der Waals surface area contributed by atoms with E-state index in [0.717, 1.165) is 16.3 Å². The topological polar surface area (TPSA) is 95.6 Å². The Morgan fingerprint density at radius 2 is 1.47 bits per heavy atom.